The lowest BCUT2D eigenvalue weighted by Crippen LogP contribution is -2.04. The van der Waals surface area contributed by atoms with Crippen LogP contribution in [0.1, 0.15) is 51.5 Å². The van der Waals surface area contributed by atoms with E-state index >= 15 is 0 Å². The Labute approximate surface area is 108 Å². The third-order valence-electron chi connectivity index (χ3n) is 2.89. The van der Waals surface area contributed by atoms with Crippen molar-refractivity contribution in [2.75, 3.05) is 6.61 Å². The van der Waals surface area contributed by atoms with Crippen LogP contribution >= 0.6 is 0 Å². The number of hydrogen-bond acceptors (Lipinski definition) is 2. The fraction of sp³-hybridized carbons (Fsp3) is 0.533. The summed E-state index contributed by atoms with van der Waals surface area (Å²) in [5.41, 5.74) is 0.852. The van der Waals surface area contributed by atoms with Crippen LogP contribution < -0.4 is 4.74 Å². The summed E-state index contributed by atoms with van der Waals surface area (Å²) < 4.78 is 18.9. The van der Waals surface area contributed by atoms with Gasteiger partial charge in [-0.1, -0.05) is 13.8 Å². The average molecular weight is 252 g/mol. The van der Waals surface area contributed by atoms with Crippen molar-refractivity contribution in [3.63, 3.8) is 0 Å². The number of Topliss-reactive ketones (excluding diaryl/α,β-unsaturated/α-hetero) is 1. The summed E-state index contributed by atoms with van der Waals surface area (Å²) >= 11 is 0. The van der Waals surface area contributed by atoms with Crippen LogP contribution in [0.4, 0.5) is 4.39 Å². The molecule has 3 heteroatoms. The maximum Gasteiger partial charge on any atom is 0.129 e. The maximum atomic E-state index is 13.3. The van der Waals surface area contributed by atoms with Gasteiger partial charge in [0.2, 0.25) is 0 Å². The Morgan fingerprint density at radius 3 is 2.78 bits per heavy atom. The lowest BCUT2D eigenvalue weighted by molar-refractivity contribution is -0.117. The Balaban J connectivity index is 2.82. The molecule has 18 heavy (non-hydrogen) atoms. The Kier molecular flexibility index (Phi) is 5.83. The van der Waals surface area contributed by atoms with E-state index in [1.807, 2.05) is 13.8 Å². The van der Waals surface area contributed by atoms with E-state index in [-0.39, 0.29) is 17.5 Å². The van der Waals surface area contributed by atoms with E-state index in [9.17, 15) is 9.18 Å². The van der Waals surface area contributed by atoms with E-state index in [2.05, 4.69) is 0 Å². The molecule has 0 saturated heterocycles. The Morgan fingerprint density at radius 1 is 1.44 bits per heavy atom. The minimum atomic E-state index is -0.261. The first-order valence-corrected chi connectivity index (χ1v) is 6.46. The second-order valence-corrected chi connectivity index (χ2v) is 4.67. The Bertz CT molecular complexity index is 401. The maximum absolute atomic E-state index is 13.3. The van der Waals surface area contributed by atoms with Crippen LogP contribution in [0.15, 0.2) is 18.2 Å². The molecule has 0 aromatic heterocycles. The van der Waals surface area contributed by atoms with Gasteiger partial charge in [0, 0.05) is 6.42 Å². The van der Waals surface area contributed by atoms with Crippen LogP contribution in [0.25, 0.3) is 0 Å². The van der Waals surface area contributed by atoms with Crippen molar-refractivity contribution in [1.82, 2.24) is 0 Å². The highest BCUT2D eigenvalue weighted by Gasteiger charge is 2.13. The van der Waals surface area contributed by atoms with Gasteiger partial charge in [-0.05, 0) is 49.4 Å². The van der Waals surface area contributed by atoms with Crippen molar-refractivity contribution in [2.45, 2.75) is 46.0 Å². The van der Waals surface area contributed by atoms with Gasteiger partial charge in [-0.15, -0.1) is 0 Å². The number of ether oxygens (including phenoxy) is 1. The van der Waals surface area contributed by atoms with E-state index in [1.165, 1.54) is 12.1 Å². The molecule has 1 rings (SSSR count). The SMILES string of the molecule is CCCOc1ccc(F)cc1C(C)CCC(C)=O. The van der Waals surface area contributed by atoms with Gasteiger partial charge in [0.1, 0.15) is 17.3 Å². The van der Waals surface area contributed by atoms with Crippen LogP contribution in [0.2, 0.25) is 0 Å². The predicted molar refractivity (Wildman–Crippen MR) is 70.5 cm³/mol. The molecule has 0 aliphatic carbocycles. The lowest BCUT2D eigenvalue weighted by atomic mass is 9.94. The molecule has 100 valence electrons. The highest BCUT2D eigenvalue weighted by molar-refractivity contribution is 5.75. The van der Waals surface area contributed by atoms with E-state index < -0.39 is 0 Å². The summed E-state index contributed by atoms with van der Waals surface area (Å²) in [5.74, 6) is 0.753. The first kappa shape index (κ1) is 14.7. The topological polar surface area (TPSA) is 26.3 Å². The van der Waals surface area contributed by atoms with Crippen molar-refractivity contribution < 1.29 is 13.9 Å². The number of ketones is 1. The van der Waals surface area contributed by atoms with Gasteiger partial charge >= 0.3 is 0 Å². The molecular weight excluding hydrogens is 231 g/mol. The molecule has 0 aliphatic heterocycles. The summed E-state index contributed by atoms with van der Waals surface area (Å²) in [6, 6.07) is 4.59. The van der Waals surface area contributed by atoms with Crippen LogP contribution in [0.3, 0.4) is 0 Å². The first-order valence-electron chi connectivity index (χ1n) is 6.46. The molecule has 0 saturated carbocycles. The monoisotopic (exact) mass is 252 g/mol. The molecule has 1 atom stereocenters. The normalized spacial score (nSPS) is 12.2. The molecule has 1 aromatic rings. The number of carbonyl (C=O) groups is 1. The fourth-order valence-electron chi connectivity index (χ4n) is 1.82. The molecule has 1 aromatic carbocycles. The van der Waals surface area contributed by atoms with Crippen molar-refractivity contribution >= 4 is 5.78 Å². The molecule has 0 bridgehead atoms. The summed E-state index contributed by atoms with van der Waals surface area (Å²) in [5, 5.41) is 0. The molecule has 1 unspecified atom stereocenters. The van der Waals surface area contributed by atoms with Gasteiger partial charge < -0.3 is 9.53 Å². The molecule has 0 amide bonds. The fourth-order valence-corrected chi connectivity index (χ4v) is 1.82. The zero-order chi connectivity index (χ0) is 13.5. The quantitative estimate of drug-likeness (QED) is 0.730. The zero-order valence-corrected chi connectivity index (χ0v) is 11.3. The molecule has 2 nitrogen and oxygen atoms in total. The number of carbonyl (C=O) groups excluding carboxylic acids is 1. The number of halogens is 1. The number of benzene rings is 1. The highest BCUT2D eigenvalue weighted by atomic mass is 19.1. The van der Waals surface area contributed by atoms with Gasteiger partial charge in [0.05, 0.1) is 6.61 Å². The van der Waals surface area contributed by atoms with E-state index in [0.29, 0.717) is 13.0 Å². The van der Waals surface area contributed by atoms with Crippen LogP contribution in [0.5, 0.6) is 5.75 Å². The van der Waals surface area contributed by atoms with Crippen LogP contribution in [0, 0.1) is 5.82 Å². The van der Waals surface area contributed by atoms with Gasteiger partial charge in [-0.2, -0.15) is 0 Å². The smallest absolute Gasteiger partial charge is 0.129 e. The molecule has 0 heterocycles. The molecule has 0 N–H and O–H groups in total. The Morgan fingerprint density at radius 2 is 2.17 bits per heavy atom. The van der Waals surface area contributed by atoms with Gasteiger partial charge in [0.15, 0.2) is 0 Å². The summed E-state index contributed by atoms with van der Waals surface area (Å²) in [6.07, 6.45) is 2.16. The third kappa shape index (κ3) is 4.47. The van der Waals surface area contributed by atoms with E-state index in [0.717, 1.165) is 24.2 Å². The van der Waals surface area contributed by atoms with E-state index in [4.69, 9.17) is 4.74 Å². The van der Waals surface area contributed by atoms with Crippen LogP contribution in [-0.4, -0.2) is 12.4 Å². The second kappa shape index (κ2) is 7.14. The van der Waals surface area contributed by atoms with Gasteiger partial charge in [0.25, 0.3) is 0 Å². The number of hydrogen-bond donors (Lipinski definition) is 0. The first-order chi connectivity index (χ1) is 8.54. The highest BCUT2D eigenvalue weighted by Crippen LogP contribution is 2.30. The molecular formula is C15H21FO2. The Hall–Kier alpha value is -1.38. The zero-order valence-electron chi connectivity index (χ0n) is 11.3. The van der Waals surface area contributed by atoms with Crippen molar-refractivity contribution in [3.8, 4) is 5.75 Å². The van der Waals surface area contributed by atoms with Gasteiger partial charge in [-0.3, -0.25) is 0 Å². The molecule has 0 radical (unpaired) electrons. The lowest BCUT2D eigenvalue weighted by Gasteiger charge is -2.16. The van der Waals surface area contributed by atoms with Crippen LogP contribution in [-0.2, 0) is 4.79 Å². The van der Waals surface area contributed by atoms with Crippen molar-refractivity contribution in [3.05, 3.63) is 29.6 Å². The average Bonchev–Trinajstić information content (AvgIpc) is 2.34. The molecule has 0 spiro atoms. The standard InChI is InChI=1S/C15H21FO2/c1-4-9-18-15-8-7-13(16)10-14(15)11(2)5-6-12(3)17/h7-8,10-11H,4-6,9H2,1-3H3. The molecule has 0 fully saturated rings. The minimum Gasteiger partial charge on any atom is -0.493 e. The summed E-state index contributed by atoms with van der Waals surface area (Å²) in [6.45, 7) is 6.23. The predicted octanol–water partition coefficient (Wildman–Crippen LogP) is 4.09. The van der Waals surface area contributed by atoms with Crippen molar-refractivity contribution in [1.29, 1.82) is 0 Å². The molecule has 0 aliphatic rings. The minimum absolute atomic E-state index is 0.122. The van der Waals surface area contributed by atoms with Crippen molar-refractivity contribution in [2.24, 2.45) is 0 Å². The summed E-state index contributed by atoms with van der Waals surface area (Å²) in [7, 11) is 0. The largest absolute Gasteiger partial charge is 0.493 e. The summed E-state index contributed by atoms with van der Waals surface area (Å²) in [4.78, 5) is 11.0. The van der Waals surface area contributed by atoms with Gasteiger partial charge in [-0.25, -0.2) is 4.39 Å². The second-order valence-electron chi connectivity index (χ2n) is 4.67. The third-order valence-corrected chi connectivity index (χ3v) is 2.89. The number of rotatable bonds is 7. The van der Waals surface area contributed by atoms with E-state index in [1.54, 1.807) is 13.0 Å².